The van der Waals surface area contributed by atoms with E-state index in [0.29, 0.717) is 6.07 Å². The quantitative estimate of drug-likeness (QED) is 0.330. The molecule has 0 aliphatic heterocycles. The van der Waals surface area contributed by atoms with Gasteiger partial charge in [0, 0.05) is 12.1 Å². The van der Waals surface area contributed by atoms with Crippen LogP contribution in [-0.2, 0) is 6.18 Å². The Morgan fingerprint density at radius 2 is 1.83 bits per heavy atom. The van der Waals surface area contributed by atoms with Gasteiger partial charge in [0.15, 0.2) is 0 Å². The van der Waals surface area contributed by atoms with Gasteiger partial charge in [0.25, 0.3) is 5.69 Å². The number of nitro benzene ring substituents is 1. The van der Waals surface area contributed by atoms with E-state index in [0.717, 1.165) is 6.07 Å². The van der Waals surface area contributed by atoms with Crippen molar-refractivity contribution < 1.29 is 18.1 Å². The van der Waals surface area contributed by atoms with Crippen molar-refractivity contribution >= 4 is 17.1 Å². The minimum atomic E-state index is -4.78. The predicted octanol–water partition coefficient (Wildman–Crippen LogP) is 2.51. The highest BCUT2D eigenvalue weighted by Crippen LogP contribution is 2.39. The lowest BCUT2D eigenvalue weighted by atomic mass is 10.1. The van der Waals surface area contributed by atoms with Gasteiger partial charge in [0.05, 0.1) is 21.9 Å². The van der Waals surface area contributed by atoms with E-state index in [1.807, 2.05) is 19.3 Å². The van der Waals surface area contributed by atoms with Gasteiger partial charge >= 0.3 is 6.18 Å². The second-order valence-electron chi connectivity index (χ2n) is 2.85. The van der Waals surface area contributed by atoms with Gasteiger partial charge in [-0.2, -0.15) is 13.2 Å². The lowest BCUT2D eigenvalue weighted by molar-refractivity contribution is -0.385. The zero-order valence-electron chi connectivity index (χ0n) is 9.71. The first-order valence-corrected chi connectivity index (χ1v) is 4.89. The number of nitrogen functional groups attached to an aromatic ring is 2. The monoisotopic (exact) mass is 266 g/mol. The molecule has 1 aromatic rings. The molecule has 102 valence electrons. The average molecular weight is 266 g/mol. The Bertz CT molecular complexity index is 435. The van der Waals surface area contributed by atoms with Crippen molar-refractivity contribution in [3.8, 4) is 0 Å². The van der Waals surface area contributed by atoms with Crippen LogP contribution in [0.25, 0.3) is 0 Å². The number of halogens is 3. The molecular formula is C9H13F3N4O2. The normalized spacial score (nSPS) is 10.3. The number of nitrogens with two attached hydrogens (primary N) is 2. The van der Waals surface area contributed by atoms with Crippen molar-refractivity contribution in [1.29, 1.82) is 0 Å². The summed E-state index contributed by atoms with van der Waals surface area (Å²) in [6.07, 6.45) is -4.78. The topological polar surface area (TPSA) is 107 Å². The molecule has 0 heterocycles. The van der Waals surface area contributed by atoms with Gasteiger partial charge in [-0.15, -0.1) is 0 Å². The molecule has 1 aromatic carbocycles. The first kappa shape index (κ1) is 16.0. The Labute approximate surface area is 101 Å². The zero-order chi connectivity index (χ0) is 14.5. The Balaban J connectivity index is 0.00000137. The Kier molecular flexibility index (Phi) is 5.37. The summed E-state index contributed by atoms with van der Waals surface area (Å²) in [6.45, 7) is 4.00. The number of rotatable bonds is 2. The van der Waals surface area contributed by atoms with E-state index in [1.165, 1.54) is 0 Å². The molecule has 0 bridgehead atoms. The van der Waals surface area contributed by atoms with E-state index >= 15 is 0 Å². The second kappa shape index (κ2) is 6.05. The van der Waals surface area contributed by atoms with Crippen LogP contribution in [0, 0.1) is 10.1 Å². The number of nitro groups is 1. The van der Waals surface area contributed by atoms with E-state index in [4.69, 9.17) is 11.6 Å². The number of hydrazine groups is 1. The third kappa shape index (κ3) is 3.48. The van der Waals surface area contributed by atoms with E-state index in [2.05, 4.69) is 0 Å². The van der Waals surface area contributed by atoms with Gasteiger partial charge in [0.2, 0.25) is 0 Å². The molecule has 1 rings (SSSR count). The lowest BCUT2D eigenvalue weighted by Gasteiger charge is -2.12. The molecule has 0 saturated carbocycles. The summed E-state index contributed by atoms with van der Waals surface area (Å²) >= 11 is 0. The number of nitrogens with one attached hydrogen (secondary N) is 1. The number of benzene rings is 1. The summed E-state index contributed by atoms with van der Waals surface area (Å²) in [5.41, 5.74) is 3.97. The van der Waals surface area contributed by atoms with Crippen LogP contribution < -0.4 is 17.0 Å². The van der Waals surface area contributed by atoms with Crippen molar-refractivity contribution in [3.05, 3.63) is 27.8 Å². The highest BCUT2D eigenvalue weighted by Gasteiger charge is 2.35. The van der Waals surface area contributed by atoms with Gasteiger partial charge in [-0.1, -0.05) is 13.8 Å². The summed E-state index contributed by atoms with van der Waals surface area (Å²) in [7, 11) is 0. The smallest absolute Gasteiger partial charge is 0.397 e. The van der Waals surface area contributed by atoms with Crippen molar-refractivity contribution in [1.82, 2.24) is 0 Å². The molecule has 0 saturated heterocycles. The maximum Gasteiger partial charge on any atom is 0.418 e. The average Bonchev–Trinajstić information content (AvgIpc) is 2.30. The predicted molar refractivity (Wildman–Crippen MR) is 61.7 cm³/mol. The van der Waals surface area contributed by atoms with Gasteiger partial charge in [0.1, 0.15) is 0 Å². The fourth-order valence-corrected chi connectivity index (χ4v) is 1.10. The van der Waals surface area contributed by atoms with Crippen molar-refractivity contribution in [2.75, 3.05) is 11.2 Å². The summed E-state index contributed by atoms with van der Waals surface area (Å²) in [5, 5.41) is 10.4. The molecule has 0 atom stereocenters. The maximum absolute atomic E-state index is 12.4. The van der Waals surface area contributed by atoms with Crippen LogP contribution in [-0.4, -0.2) is 4.92 Å². The summed E-state index contributed by atoms with van der Waals surface area (Å²) in [6, 6.07) is 1.18. The minimum absolute atomic E-state index is 0.346. The maximum atomic E-state index is 12.4. The summed E-state index contributed by atoms with van der Waals surface area (Å²) in [4.78, 5) is 9.43. The van der Waals surface area contributed by atoms with Crippen LogP contribution >= 0.6 is 0 Å². The first-order chi connectivity index (χ1) is 8.27. The molecule has 0 aliphatic carbocycles. The highest BCUT2D eigenvalue weighted by atomic mass is 19.4. The van der Waals surface area contributed by atoms with Crippen LogP contribution in [0.4, 0.5) is 30.2 Å². The Morgan fingerprint density at radius 3 is 2.17 bits per heavy atom. The van der Waals surface area contributed by atoms with Crippen LogP contribution in [0.15, 0.2) is 12.1 Å². The third-order valence-corrected chi connectivity index (χ3v) is 1.84. The third-order valence-electron chi connectivity index (χ3n) is 1.84. The van der Waals surface area contributed by atoms with E-state index in [1.54, 1.807) is 0 Å². The molecule has 0 aliphatic rings. The minimum Gasteiger partial charge on any atom is -0.397 e. The van der Waals surface area contributed by atoms with Crippen LogP contribution in [0.5, 0.6) is 0 Å². The fraction of sp³-hybridized carbons (Fsp3) is 0.333. The second-order valence-corrected chi connectivity index (χ2v) is 2.85. The summed E-state index contributed by atoms with van der Waals surface area (Å²) < 4.78 is 37.3. The van der Waals surface area contributed by atoms with E-state index < -0.39 is 28.0 Å². The van der Waals surface area contributed by atoms with Gasteiger partial charge < -0.3 is 11.2 Å². The Hall–Kier alpha value is -2.03. The fourth-order valence-electron chi connectivity index (χ4n) is 1.10. The van der Waals surface area contributed by atoms with Crippen molar-refractivity contribution in [2.45, 2.75) is 20.0 Å². The molecule has 5 N–H and O–H groups in total. The molecular weight excluding hydrogens is 253 g/mol. The van der Waals surface area contributed by atoms with Gasteiger partial charge in [-0.25, -0.2) is 0 Å². The molecule has 0 unspecified atom stereocenters. The number of alkyl halides is 3. The zero-order valence-corrected chi connectivity index (χ0v) is 9.71. The van der Waals surface area contributed by atoms with Gasteiger partial charge in [-0.05, 0) is 0 Å². The highest BCUT2D eigenvalue weighted by molar-refractivity contribution is 5.73. The molecule has 0 fully saturated rings. The Morgan fingerprint density at radius 1 is 1.33 bits per heavy atom. The molecule has 0 aromatic heterocycles. The standard InChI is InChI=1S/C7H7F3N4O2.C2H6/c8-7(9,10)4-1-3(14(15)16)2-5(13-12)6(4)11;1-2/h1-2,13H,11-12H2;1-2H3. The molecule has 9 heteroatoms. The largest absolute Gasteiger partial charge is 0.418 e. The van der Waals surface area contributed by atoms with Crippen molar-refractivity contribution in [2.24, 2.45) is 5.84 Å². The SMILES string of the molecule is CC.NNc1cc([N+](=O)[O-])cc(C(F)(F)F)c1N. The molecule has 0 spiro atoms. The number of anilines is 2. The van der Waals surface area contributed by atoms with E-state index in [-0.39, 0.29) is 5.69 Å². The van der Waals surface area contributed by atoms with Crippen LogP contribution in [0.1, 0.15) is 19.4 Å². The molecule has 0 radical (unpaired) electrons. The first-order valence-electron chi connectivity index (χ1n) is 4.89. The number of hydrogen-bond acceptors (Lipinski definition) is 5. The molecule has 6 nitrogen and oxygen atoms in total. The van der Waals surface area contributed by atoms with Crippen molar-refractivity contribution in [3.63, 3.8) is 0 Å². The van der Waals surface area contributed by atoms with E-state index in [9.17, 15) is 23.3 Å². The van der Waals surface area contributed by atoms with Crippen LogP contribution in [0.2, 0.25) is 0 Å². The molecule has 0 amide bonds. The lowest BCUT2D eigenvalue weighted by Crippen LogP contribution is -2.15. The number of nitrogens with zero attached hydrogens (tertiary/aromatic N) is 1. The molecule has 18 heavy (non-hydrogen) atoms. The number of non-ortho nitro benzene ring substituents is 1. The van der Waals surface area contributed by atoms with Crippen LogP contribution in [0.3, 0.4) is 0 Å². The summed E-state index contributed by atoms with van der Waals surface area (Å²) in [5.74, 6) is 4.91. The number of hydrogen-bond donors (Lipinski definition) is 3. The van der Waals surface area contributed by atoms with Gasteiger partial charge in [-0.3, -0.25) is 16.0 Å².